The minimum atomic E-state index is -5.12. The van der Waals surface area contributed by atoms with Crippen LogP contribution >= 0.6 is 0 Å². The van der Waals surface area contributed by atoms with Crippen molar-refractivity contribution in [3.63, 3.8) is 0 Å². The number of para-hydroxylation sites is 1. The summed E-state index contributed by atoms with van der Waals surface area (Å²) in [5.74, 6) is 0.322. The number of benzene rings is 1. The molecule has 68 valence electrons. The molecule has 0 radical (unpaired) electrons. The van der Waals surface area contributed by atoms with Gasteiger partial charge in [-0.3, -0.25) is 0 Å². The van der Waals surface area contributed by atoms with E-state index in [9.17, 15) is 0 Å². The fraction of sp³-hybridized carbons (Fsp3) is 0. The minimum Gasteiger partial charge on any atom is -0.508 e. The molecule has 0 aliphatic carbocycles. The number of phenolic OH excluding ortho intramolecular Hbond substituents is 1. The van der Waals surface area contributed by atoms with Crippen molar-refractivity contribution in [2.45, 2.75) is 0 Å². The van der Waals surface area contributed by atoms with Crippen molar-refractivity contribution in [1.82, 2.24) is 0 Å². The Kier molecular flexibility index (Phi) is 4.69. The van der Waals surface area contributed by atoms with Crippen molar-refractivity contribution in [2.24, 2.45) is 0 Å². The molecule has 0 amide bonds. The van der Waals surface area contributed by atoms with Gasteiger partial charge in [0.25, 0.3) is 0 Å². The molecule has 0 atom stereocenters. The Labute approximate surface area is 72.3 Å². The van der Waals surface area contributed by atoms with Gasteiger partial charge in [-0.25, -0.2) is 0 Å². The van der Waals surface area contributed by atoms with E-state index in [2.05, 4.69) is 0 Å². The van der Waals surface area contributed by atoms with Crippen molar-refractivity contribution in [3.05, 3.63) is 30.3 Å². The van der Waals surface area contributed by atoms with Gasteiger partial charge in [0.2, 0.25) is 0 Å². The largest absolute Gasteiger partial charge is 0.508 e. The van der Waals surface area contributed by atoms with E-state index in [0.717, 1.165) is 0 Å². The van der Waals surface area contributed by atoms with Gasteiger partial charge in [-0.1, -0.05) is 18.2 Å². The Morgan fingerprint density at radius 2 is 1.33 bits per heavy atom. The summed E-state index contributed by atoms with van der Waals surface area (Å²) in [5.41, 5.74) is 0. The van der Waals surface area contributed by atoms with Gasteiger partial charge >= 0.3 is 30.5 Å². The third-order valence-electron chi connectivity index (χ3n) is 0.756. The van der Waals surface area contributed by atoms with Gasteiger partial charge in [0.05, 0.1) is 0 Å². The van der Waals surface area contributed by atoms with E-state index in [1.165, 1.54) is 0 Å². The third kappa shape index (κ3) is 12.0. The van der Waals surface area contributed by atoms with E-state index in [-0.39, 0.29) is 0 Å². The normalized spacial score (nSPS) is 9.92. The molecular formula is C6H9AsO5. The second-order valence-electron chi connectivity index (χ2n) is 1.85. The van der Waals surface area contributed by atoms with Gasteiger partial charge in [0.1, 0.15) is 5.75 Å². The van der Waals surface area contributed by atoms with Crippen molar-refractivity contribution >= 4 is 14.5 Å². The van der Waals surface area contributed by atoms with Crippen LogP contribution in [0.3, 0.4) is 0 Å². The van der Waals surface area contributed by atoms with E-state index in [1.54, 1.807) is 24.3 Å². The van der Waals surface area contributed by atoms with E-state index in [4.69, 9.17) is 21.1 Å². The van der Waals surface area contributed by atoms with Crippen LogP contribution in [0.4, 0.5) is 0 Å². The van der Waals surface area contributed by atoms with Crippen LogP contribution < -0.4 is 0 Å². The third-order valence-corrected chi connectivity index (χ3v) is 0.756. The molecule has 4 N–H and O–H groups in total. The summed E-state index contributed by atoms with van der Waals surface area (Å²) < 4.78 is 30.7. The Morgan fingerprint density at radius 1 is 1.00 bits per heavy atom. The molecule has 1 rings (SSSR count). The average Bonchev–Trinajstić information content (AvgIpc) is 1.85. The Balaban J connectivity index is 0.000000217. The summed E-state index contributed by atoms with van der Waals surface area (Å²) in [6, 6.07) is 8.71. The van der Waals surface area contributed by atoms with Crippen LogP contribution in [0.1, 0.15) is 0 Å². The molecule has 0 aliphatic rings. The van der Waals surface area contributed by atoms with Crippen molar-refractivity contribution in [2.75, 3.05) is 0 Å². The SMILES string of the molecule is O=[As](O)(O)O.Oc1ccccc1. The predicted molar refractivity (Wildman–Crippen MR) is 41.2 cm³/mol. The first kappa shape index (κ1) is 11.3. The molecule has 6 heteroatoms. The summed E-state index contributed by atoms with van der Waals surface area (Å²) in [5, 5.41) is 8.63. The molecule has 0 saturated heterocycles. The smallest absolute Gasteiger partial charge is 0.115 e. The number of hydrogen-bond acceptors (Lipinski definition) is 2. The summed E-state index contributed by atoms with van der Waals surface area (Å²) in [7, 11) is 0. The van der Waals surface area contributed by atoms with Gasteiger partial charge in [0, 0.05) is 0 Å². The quantitative estimate of drug-likeness (QED) is 0.443. The molecule has 0 bridgehead atoms. The molecule has 0 spiro atoms. The zero-order chi connectivity index (χ0) is 9.61. The zero-order valence-electron chi connectivity index (χ0n) is 6.03. The van der Waals surface area contributed by atoms with Gasteiger partial charge in [-0.05, 0) is 12.1 Å². The van der Waals surface area contributed by atoms with Gasteiger partial charge in [-0.15, -0.1) is 0 Å². The first-order valence-corrected chi connectivity index (χ1v) is 6.20. The van der Waals surface area contributed by atoms with Gasteiger partial charge in [0.15, 0.2) is 0 Å². The first-order chi connectivity index (χ1) is 5.39. The monoisotopic (exact) mass is 236 g/mol. The Bertz CT molecular complexity index is 246. The van der Waals surface area contributed by atoms with E-state index >= 15 is 0 Å². The number of rotatable bonds is 0. The van der Waals surface area contributed by atoms with Crippen LogP contribution in [0.5, 0.6) is 5.75 Å². The molecular weight excluding hydrogens is 227 g/mol. The van der Waals surface area contributed by atoms with Crippen LogP contribution in [-0.4, -0.2) is 31.9 Å². The maximum atomic E-state index is 8.94. The minimum absolute atomic E-state index is 0.322. The topological polar surface area (TPSA) is 98.0 Å². The fourth-order valence-electron chi connectivity index (χ4n) is 0.428. The fourth-order valence-corrected chi connectivity index (χ4v) is 0.428. The van der Waals surface area contributed by atoms with Crippen LogP contribution in [-0.2, 0) is 3.74 Å². The zero-order valence-corrected chi connectivity index (χ0v) is 7.91. The average molecular weight is 236 g/mol. The molecule has 0 fully saturated rings. The molecule has 5 nitrogen and oxygen atoms in total. The number of hydrogen-bond donors (Lipinski definition) is 4. The molecule has 1 aromatic carbocycles. The maximum Gasteiger partial charge on any atom is 0.115 e. The molecule has 0 saturated carbocycles. The van der Waals surface area contributed by atoms with E-state index in [0.29, 0.717) is 5.75 Å². The van der Waals surface area contributed by atoms with Crippen LogP contribution in [0.15, 0.2) is 30.3 Å². The Hall–Kier alpha value is -0.742. The second-order valence-corrected chi connectivity index (χ2v) is 4.00. The summed E-state index contributed by atoms with van der Waals surface area (Å²) >= 11 is -5.12. The summed E-state index contributed by atoms with van der Waals surface area (Å²) in [6.07, 6.45) is 0. The summed E-state index contributed by atoms with van der Waals surface area (Å²) in [4.78, 5) is 0. The van der Waals surface area contributed by atoms with Crippen LogP contribution in [0, 0.1) is 0 Å². The molecule has 0 aromatic heterocycles. The van der Waals surface area contributed by atoms with Crippen LogP contribution in [0.2, 0.25) is 0 Å². The molecule has 0 heterocycles. The summed E-state index contributed by atoms with van der Waals surface area (Å²) in [6.45, 7) is 0. The van der Waals surface area contributed by atoms with Crippen molar-refractivity contribution in [1.29, 1.82) is 0 Å². The molecule has 12 heavy (non-hydrogen) atoms. The Morgan fingerprint density at radius 3 is 1.50 bits per heavy atom. The van der Waals surface area contributed by atoms with Gasteiger partial charge in [-0.2, -0.15) is 0 Å². The second kappa shape index (κ2) is 5.00. The molecule has 0 unspecified atom stereocenters. The van der Waals surface area contributed by atoms with E-state index in [1.807, 2.05) is 6.07 Å². The predicted octanol–water partition coefficient (Wildman–Crippen LogP) is -0.778. The van der Waals surface area contributed by atoms with E-state index < -0.39 is 14.5 Å². The first-order valence-electron chi connectivity index (χ1n) is 2.92. The van der Waals surface area contributed by atoms with Crippen molar-refractivity contribution in [3.8, 4) is 5.75 Å². The number of aromatic hydroxyl groups is 1. The number of phenols is 1. The van der Waals surface area contributed by atoms with Gasteiger partial charge < -0.3 is 5.11 Å². The molecule has 1 aromatic rings. The standard InChI is InChI=1S/C6H6O.AsH3O4/c7-6-4-2-1-3-5-6;2-1(3,4)5/h1-5,7H;(H3,2,3,4,5). The molecule has 0 aliphatic heterocycles. The maximum absolute atomic E-state index is 8.94. The van der Waals surface area contributed by atoms with Crippen molar-refractivity contribution < 1.29 is 21.1 Å². The van der Waals surface area contributed by atoms with Crippen LogP contribution in [0.25, 0.3) is 0 Å².